The van der Waals surface area contributed by atoms with Gasteiger partial charge >= 0.3 is 0 Å². The van der Waals surface area contributed by atoms with Gasteiger partial charge in [0.1, 0.15) is 17.2 Å². The van der Waals surface area contributed by atoms with Gasteiger partial charge in [-0.2, -0.15) is 0 Å². The molecule has 0 unspecified atom stereocenters. The zero-order valence-electron chi connectivity index (χ0n) is 14.4. The van der Waals surface area contributed by atoms with E-state index in [0.29, 0.717) is 33.9 Å². The number of rotatable bonds is 6. The number of methoxy groups -OCH3 is 2. The SMILES string of the molecule is COc1ccc(OC)c(-c2cc(-c3ccc(C(=O)NC4CC4)s3)on2)c1. The second kappa shape index (κ2) is 6.84. The maximum absolute atomic E-state index is 12.1. The van der Waals surface area contributed by atoms with Crippen LogP contribution >= 0.6 is 11.3 Å². The molecule has 7 heteroatoms. The van der Waals surface area contributed by atoms with Gasteiger partial charge in [-0.05, 0) is 43.2 Å². The summed E-state index contributed by atoms with van der Waals surface area (Å²) in [6.45, 7) is 0. The minimum atomic E-state index is -0.0297. The highest BCUT2D eigenvalue weighted by Crippen LogP contribution is 2.36. The summed E-state index contributed by atoms with van der Waals surface area (Å²) in [5, 5.41) is 7.14. The molecule has 0 bridgehead atoms. The maximum Gasteiger partial charge on any atom is 0.261 e. The van der Waals surface area contributed by atoms with Crippen LogP contribution in [0.2, 0.25) is 0 Å². The van der Waals surface area contributed by atoms with Crippen molar-refractivity contribution in [3.63, 3.8) is 0 Å². The lowest BCUT2D eigenvalue weighted by atomic mass is 10.1. The standard InChI is InChI=1S/C19H18N2O4S/c1-23-12-5-6-15(24-2)13(9-12)14-10-16(25-21-14)17-7-8-18(26-17)19(22)20-11-3-4-11/h5-11H,3-4H2,1-2H3,(H,20,22). The summed E-state index contributed by atoms with van der Waals surface area (Å²) in [7, 11) is 3.22. The van der Waals surface area contributed by atoms with Crippen molar-refractivity contribution in [2.75, 3.05) is 14.2 Å². The highest BCUT2D eigenvalue weighted by Gasteiger charge is 2.25. The van der Waals surface area contributed by atoms with Gasteiger partial charge in [0.05, 0.1) is 24.0 Å². The lowest BCUT2D eigenvalue weighted by molar-refractivity contribution is 0.0955. The Morgan fingerprint density at radius 1 is 1.19 bits per heavy atom. The first kappa shape index (κ1) is 16.7. The summed E-state index contributed by atoms with van der Waals surface area (Å²) in [6, 6.07) is 11.4. The largest absolute Gasteiger partial charge is 0.497 e. The summed E-state index contributed by atoms with van der Waals surface area (Å²) < 4.78 is 16.2. The molecule has 0 spiro atoms. The Labute approximate surface area is 154 Å². The Kier molecular flexibility index (Phi) is 4.38. The topological polar surface area (TPSA) is 73.6 Å². The molecule has 1 fully saturated rings. The fourth-order valence-electron chi connectivity index (χ4n) is 2.61. The summed E-state index contributed by atoms with van der Waals surface area (Å²) in [4.78, 5) is 13.7. The van der Waals surface area contributed by atoms with E-state index < -0.39 is 0 Å². The lowest BCUT2D eigenvalue weighted by Crippen LogP contribution is -2.24. The van der Waals surface area contributed by atoms with Crippen LogP contribution in [0, 0.1) is 0 Å². The van der Waals surface area contributed by atoms with E-state index in [4.69, 9.17) is 14.0 Å². The predicted octanol–water partition coefficient (Wildman–Crippen LogP) is 3.98. The molecule has 134 valence electrons. The Balaban J connectivity index is 1.60. The van der Waals surface area contributed by atoms with Crippen molar-refractivity contribution in [2.24, 2.45) is 0 Å². The molecule has 0 radical (unpaired) electrons. The highest BCUT2D eigenvalue weighted by molar-refractivity contribution is 7.17. The van der Waals surface area contributed by atoms with E-state index in [1.165, 1.54) is 11.3 Å². The van der Waals surface area contributed by atoms with Gasteiger partial charge in [0.2, 0.25) is 0 Å². The van der Waals surface area contributed by atoms with Gasteiger partial charge in [-0.3, -0.25) is 4.79 Å². The van der Waals surface area contributed by atoms with Crippen LogP contribution in [0.5, 0.6) is 11.5 Å². The number of benzene rings is 1. The van der Waals surface area contributed by atoms with Crippen LogP contribution in [0.4, 0.5) is 0 Å². The molecule has 0 aliphatic heterocycles. The van der Waals surface area contributed by atoms with Crippen molar-refractivity contribution in [3.8, 4) is 33.4 Å². The number of thiophene rings is 1. The highest BCUT2D eigenvalue weighted by atomic mass is 32.1. The van der Waals surface area contributed by atoms with E-state index in [0.717, 1.165) is 23.3 Å². The van der Waals surface area contributed by atoms with Gasteiger partial charge in [-0.25, -0.2) is 0 Å². The molecule has 1 saturated carbocycles. The van der Waals surface area contributed by atoms with Crippen LogP contribution < -0.4 is 14.8 Å². The van der Waals surface area contributed by atoms with Gasteiger partial charge in [-0.1, -0.05) is 5.16 Å². The fraction of sp³-hybridized carbons (Fsp3) is 0.263. The number of nitrogens with one attached hydrogen (secondary N) is 1. The van der Waals surface area contributed by atoms with Crippen LogP contribution in [0.1, 0.15) is 22.5 Å². The minimum absolute atomic E-state index is 0.0297. The first-order valence-electron chi connectivity index (χ1n) is 8.28. The molecule has 2 heterocycles. The fourth-order valence-corrected chi connectivity index (χ4v) is 3.47. The number of hydrogen-bond donors (Lipinski definition) is 1. The molecule has 0 atom stereocenters. The molecule has 1 aromatic carbocycles. The monoisotopic (exact) mass is 370 g/mol. The van der Waals surface area contributed by atoms with E-state index >= 15 is 0 Å². The van der Waals surface area contributed by atoms with E-state index in [1.54, 1.807) is 14.2 Å². The molecule has 1 amide bonds. The average molecular weight is 370 g/mol. The molecule has 6 nitrogen and oxygen atoms in total. The van der Waals surface area contributed by atoms with Crippen LogP contribution in [0.25, 0.3) is 21.9 Å². The number of aromatic nitrogens is 1. The summed E-state index contributed by atoms with van der Waals surface area (Å²) in [5.41, 5.74) is 1.43. The van der Waals surface area contributed by atoms with Crippen molar-refractivity contribution < 1.29 is 18.8 Å². The smallest absolute Gasteiger partial charge is 0.261 e. The molecule has 0 saturated heterocycles. The van der Waals surface area contributed by atoms with Gasteiger partial charge < -0.3 is 19.3 Å². The third-order valence-corrected chi connectivity index (χ3v) is 5.28. The Morgan fingerprint density at radius 3 is 2.77 bits per heavy atom. The molecule has 1 N–H and O–H groups in total. The van der Waals surface area contributed by atoms with Crippen LogP contribution in [0.3, 0.4) is 0 Å². The molecular formula is C19H18N2O4S. The molecule has 2 aromatic heterocycles. The molecule has 4 rings (SSSR count). The minimum Gasteiger partial charge on any atom is -0.497 e. The van der Waals surface area contributed by atoms with Crippen molar-refractivity contribution in [1.82, 2.24) is 10.5 Å². The van der Waals surface area contributed by atoms with E-state index in [-0.39, 0.29) is 5.91 Å². The molecule has 1 aliphatic carbocycles. The number of carbonyl (C=O) groups is 1. The third kappa shape index (κ3) is 3.30. The molecule has 1 aliphatic rings. The van der Waals surface area contributed by atoms with Gasteiger partial charge in [0, 0.05) is 17.7 Å². The number of amides is 1. The number of carbonyl (C=O) groups excluding carboxylic acids is 1. The summed E-state index contributed by atoms with van der Waals surface area (Å²) >= 11 is 1.39. The van der Waals surface area contributed by atoms with Crippen LogP contribution in [0.15, 0.2) is 40.9 Å². The second-order valence-electron chi connectivity index (χ2n) is 6.05. The van der Waals surface area contributed by atoms with E-state index in [2.05, 4.69) is 10.5 Å². The maximum atomic E-state index is 12.1. The predicted molar refractivity (Wildman–Crippen MR) is 98.8 cm³/mol. The zero-order valence-corrected chi connectivity index (χ0v) is 15.3. The van der Waals surface area contributed by atoms with Crippen molar-refractivity contribution in [2.45, 2.75) is 18.9 Å². The third-order valence-electron chi connectivity index (χ3n) is 4.18. The summed E-state index contributed by atoms with van der Waals surface area (Å²) in [5.74, 6) is 1.97. The van der Waals surface area contributed by atoms with E-state index in [9.17, 15) is 4.79 Å². The Bertz CT molecular complexity index is 943. The lowest BCUT2D eigenvalue weighted by Gasteiger charge is -2.07. The van der Waals surface area contributed by atoms with Crippen molar-refractivity contribution in [3.05, 3.63) is 41.3 Å². The van der Waals surface area contributed by atoms with Gasteiger partial charge in [0.15, 0.2) is 5.76 Å². The first-order chi connectivity index (χ1) is 12.7. The summed E-state index contributed by atoms with van der Waals surface area (Å²) in [6.07, 6.45) is 2.13. The quantitative estimate of drug-likeness (QED) is 0.710. The number of nitrogens with zero attached hydrogens (tertiary/aromatic N) is 1. The molecule has 3 aromatic rings. The second-order valence-corrected chi connectivity index (χ2v) is 7.14. The van der Waals surface area contributed by atoms with Crippen molar-refractivity contribution >= 4 is 17.2 Å². The first-order valence-corrected chi connectivity index (χ1v) is 9.10. The molecular weight excluding hydrogens is 352 g/mol. The molecule has 26 heavy (non-hydrogen) atoms. The Hall–Kier alpha value is -2.80. The normalized spacial score (nSPS) is 13.5. The average Bonchev–Trinajstić information content (AvgIpc) is 3.15. The van der Waals surface area contributed by atoms with Crippen LogP contribution in [-0.2, 0) is 0 Å². The zero-order chi connectivity index (χ0) is 18.1. The number of ether oxygens (including phenoxy) is 2. The van der Waals surface area contributed by atoms with Gasteiger partial charge in [-0.15, -0.1) is 11.3 Å². The number of hydrogen-bond acceptors (Lipinski definition) is 6. The van der Waals surface area contributed by atoms with Crippen molar-refractivity contribution in [1.29, 1.82) is 0 Å². The van der Waals surface area contributed by atoms with E-state index in [1.807, 2.05) is 36.4 Å². The van der Waals surface area contributed by atoms with Crippen LogP contribution in [-0.4, -0.2) is 31.3 Å². The Morgan fingerprint density at radius 2 is 2.04 bits per heavy atom. The van der Waals surface area contributed by atoms with Gasteiger partial charge in [0.25, 0.3) is 5.91 Å².